The Bertz CT molecular complexity index is 412. The Morgan fingerprint density at radius 1 is 1.63 bits per heavy atom. The number of carbonyl (C=O) groups is 2. The monoisotopic (exact) mass is 398 g/mol. The normalized spacial score (nSPS) is 34.6. The van der Waals surface area contributed by atoms with Crippen LogP contribution in [0.1, 0.15) is 20.8 Å². The van der Waals surface area contributed by atoms with Gasteiger partial charge in [-0.3, -0.25) is 9.59 Å². The maximum absolute atomic E-state index is 12.4. The molecule has 3 atom stereocenters. The van der Waals surface area contributed by atoms with E-state index in [1.54, 1.807) is 16.7 Å². The van der Waals surface area contributed by atoms with Crippen LogP contribution >= 0.6 is 34.4 Å². The van der Waals surface area contributed by atoms with Crippen molar-refractivity contribution in [2.24, 2.45) is 11.1 Å². The molecule has 19 heavy (non-hydrogen) atoms. The number of hydrogen-bond acceptors (Lipinski definition) is 5. The van der Waals surface area contributed by atoms with E-state index in [1.165, 1.54) is 0 Å². The molecule has 2 aliphatic heterocycles. The Hall–Kier alpha value is -0.0200. The van der Waals surface area contributed by atoms with E-state index in [-0.39, 0.29) is 17.3 Å². The van der Waals surface area contributed by atoms with E-state index in [1.807, 2.05) is 20.8 Å². The molecule has 2 unspecified atom stereocenters. The number of halogens is 1. The lowest BCUT2D eigenvalue weighted by Crippen LogP contribution is -2.72. The summed E-state index contributed by atoms with van der Waals surface area (Å²) < 4.78 is 6.15. The molecule has 2 N–H and O–H groups in total. The molecule has 2 aliphatic rings. The summed E-state index contributed by atoms with van der Waals surface area (Å²) in [6, 6.07) is -0.407. The van der Waals surface area contributed by atoms with Gasteiger partial charge < -0.3 is 15.4 Å². The molecule has 0 aromatic carbocycles. The van der Waals surface area contributed by atoms with Crippen LogP contribution in [0.3, 0.4) is 0 Å². The van der Waals surface area contributed by atoms with Gasteiger partial charge in [-0.05, 0) is 20.8 Å². The summed E-state index contributed by atoms with van der Waals surface area (Å²) in [5.74, 6) is 0.385. The molecule has 108 valence electrons. The summed E-state index contributed by atoms with van der Waals surface area (Å²) in [6.07, 6.45) is 0. The molecule has 2 saturated heterocycles. The van der Waals surface area contributed by atoms with Crippen molar-refractivity contribution in [2.75, 3.05) is 16.7 Å². The van der Waals surface area contributed by atoms with E-state index >= 15 is 0 Å². The molecule has 2 rings (SSSR count). The van der Waals surface area contributed by atoms with Crippen LogP contribution in [0.4, 0.5) is 0 Å². The third kappa shape index (κ3) is 2.73. The highest BCUT2D eigenvalue weighted by atomic mass is 127. The van der Waals surface area contributed by atoms with Crippen LogP contribution in [0.25, 0.3) is 0 Å². The van der Waals surface area contributed by atoms with Crippen LogP contribution in [0, 0.1) is 5.41 Å². The van der Waals surface area contributed by atoms with Crippen molar-refractivity contribution in [3.63, 3.8) is 0 Å². The average Bonchev–Trinajstić information content (AvgIpc) is 2.34. The summed E-state index contributed by atoms with van der Waals surface area (Å²) in [5.41, 5.74) is 4.64. The number of esters is 1. The van der Waals surface area contributed by atoms with Crippen LogP contribution in [0.2, 0.25) is 0 Å². The zero-order valence-electron chi connectivity index (χ0n) is 11.3. The van der Waals surface area contributed by atoms with Gasteiger partial charge in [0, 0.05) is 16.7 Å². The highest BCUT2D eigenvalue weighted by molar-refractivity contribution is 14.1. The van der Waals surface area contributed by atoms with Gasteiger partial charge in [0.15, 0.2) is 0 Å². The zero-order chi connectivity index (χ0) is 14.4. The minimum absolute atomic E-state index is 0.0333. The Kier molecular flexibility index (Phi) is 4.10. The Balaban J connectivity index is 2.12. The first-order valence-corrected chi connectivity index (χ1v) is 8.75. The molecular formula is C12H19IN2O3S. The summed E-state index contributed by atoms with van der Waals surface area (Å²) in [5, 5.41) is 0.0333. The summed E-state index contributed by atoms with van der Waals surface area (Å²) in [7, 11) is 0. The lowest BCUT2D eigenvalue weighted by molar-refractivity contribution is -0.169. The number of ether oxygens (including phenoxy) is 1. The van der Waals surface area contributed by atoms with Gasteiger partial charge in [0.1, 0.15) is 22.4 Å². The smallest absolute Gasteiger partial charge is 0.316 e. The number of amides is 1. The Labute approximate surface area is 131 Å². The number of hydrogen-bond donors (Lipinski definition) is 1. The van der Waals surface area contributed by atoms with Crippen molar-refractivity contribution in [1.82, 2.24) is 4.90 Å². The lowest BCUT2D eigenvalue weighted by Gasteiger charge is -2.53. The summed E-state index contributed by atoms with van der Waals surface area (Å²) in [6.45, 7) is 5.99. The molecule has 1 amide bonds. The Morgan fingerprint density at radius 2 is 2.26 bits per heavy atom. The largest absolute Gasteiger partial charge is 0.459 e. The van der Waals surface area contributed by atoms with E-state index < -0.39 is 17.1 Å². The van der Waals surface area contributed by atoms with Crippen LogP contribution in [-0.2, 0) is 14.3 Å². The molecule has 5 nitrogen and oxygen atoms in total. The van der Waals surface area contributed by atoms with Gasteiger partial charge in [-0.2, -0.15) is 0 Å². The topological polar surface area (TPSA) is 72.6 Å². The van der Waals surface area contributed by atoms with Crippen molar-refractivity contribution in [1.29, 1.82) is 0 Å². The van der Waals surface area contributed by atoms with E-state index in [4.69, 9.17) is 10.5 Å². The molecule has 0 radical (unpaired) electrons. The predicted molar refractivity (Wildman–Crippen MR) is 83.1 cm³/mol. The summed E-state index contributed by atoms with van der Waals surface area (Å²) >= 11 is 3.78. The van der Waals surface area contributed by atoms with E-state index in [9.17, 15) is 9.59 Å². The molecule has 0 aliphatic carbocycles. The van der Waals surface area contributed by atoms with Crippen molar-refractivity contribution >= 4 is 46.2 Å². The molecule has 0 bridgehead atoms. The SMILES string of the molecule is CC(C)(C)OC(=O)C1(CI)CS[C@@H]2C(N)C(=O)N2C1. The molecule has 2 fully saturated rings. The van der Waals surface area contributed by atoms with E-state index in [0.29, 0.717) is 16.7 Å². The summed E-state index contributed by atoms with van der Waals surface area (Å²) in [4.78, 5) is 25.9. The van der Waals surface area contributed by atoms with Crippen LogP contribution in [-0.4, -0.2) is 50.5 Å². The minimum Gasteiger partial charge on any atom is -0.459 e. The standard InChI is InChI=1S/C12H19IN2O3S/c1-11(2,3)18-10(17)12(4-13)5-15-8(16)7(14)9(15)19-6-12/h7,9H,4-6,14H2,1-3H3/t7?,9-,12?/m1/s1. The second kappa shape index (κ2) is 5.07. The number of alkyl halides is 1. The third-order valence-electron chi connectivity index (χ3n) is 3.27. The number of carbonyl (C=O) groups excluding carboxylic acids is 2. The van der Waals surface area contributed by atoms with Crippen molar-refractivity contribution < 1.29 is 14.3 Å². The van der Waals surface area contributed by atoms with Gasteiger partial charge in [-0.1, -0.05) is 22.6 Å². The van der Waals surface area contributed by atoms with Gasteiger partial charge in [-0.15, -0.1) is 11.8 Å². The van der Waals surface area contributed by atoms with Crippen LogP contribution < -0.4 is 5.73 Å². The Morgan fingerprint density at radius 3 is 2.79 bits per heavy atom. The molecular weight excluding hydrogens is 379 g/mol. The van der Waals surface area contributed by atoms with Crippen molar-refractivity contribution in [2.45, 2.75) is 37.8 Å². The van der Waals surface area contributed by atoms with Gasteiger partial charge in [0.25, 0.3) is 0 Å². The number of nitrogens with zero attached hydrogens (tertiary/aromatic N) is 1. The average molecular weight is 398 g/mol. The van der Waals surface area contributed by atoms with Crippen molar-refractivity contribution in [3.8, 4) is 0 Å². The highest BCUT2D eigenvalue weighted by Gasteiger charge is 2.56. The molecule has 0 saturated carbocycles. The molecule has 0 aromatic rings. The van der Waals surface area contributed by atoms with Gasteiger partial charge in [0.05, 0.1) is 0 Å². The van der Waals surface area contributed by atoms with Crippen LogP contribution in [0.15, 0.2) is 0 Å². The fraction of sp³-hybridized carbons (Fsp3) is 0.833. The molecule has 7 heteroatoms. The minimum atomic E-state index is -0.606. The number of β-lactam (4-membered cyclic amide) rings is 1. The third-order valence-corrected chi connectivity index (χ3v) is 6.34. The predicted octanol–water partition coefficient (Wildman–Crippen LogP) is 0.992. The maximum Gasteiger partial charge on any atom is 0.316 e. The maximum atomic E-state index is 12.4. The number of rotatable bonds is 2. The zero-order valence-corrected chi connectivity index (χ0v) is 14.3. The van der Waals surface area contributed by atoms with Gasteiger partial charge >= 0.3 is 5.97 Å². The lowest BCUT2D eigenvalue weighted by atomic mass is 9.89. The van der Waals surface area contributed by atoms with Crippen molar-refractivity contribution in [3.05, 3.63) is 0 Å². The number of nitrogens with two attached hydrogens (primary N) is 1. The van der Waals surface area contributed by atoms with E-state index in [0.717, 1.165) is 0 Å². The quantitative estimate of drug-likeness (QED) is 0.325. The van der Waals surface area contributed by atoms with Crippen LogP contribution in [0.5, 0.6) is 0 Å². The first-order chi connectivity index (χ1) is 8.70. The van der Waals surface area contributed by atoms with E-state index in [2.05, 4.69) is 22.6 Å². The second-order valence-electron chi connectivity index (χ2n) is 6.11. The number of thioether (sulfide) groups is 1. The fourth-order valence-corrected chi connectivity index (χ4v) is 4.85. The second-order valence-corrected chi connectivity index (χ2v) is 7.98. The first kappa shape index (κ1) is 15.4. The molecule has 0 spiro atoms. The molecule has 0 aromatic heterocycles. The fourth-order valence-electron chi connectivity index (χ4n) is 2.17. The highest BCUT2D eigenvalue weighted by Crippen LogP contribution is 2.43. The van der Waals surface area contributed by atoms with Gasteiger partial charge in [-0.25, -0.2) is 0 Å². The first-order valence-electron chi connectivity index (χ1n) is 6.17. The number of fused-ring (bicyclic) bond motifs is 1. The molecule has 2 heterocycles. The van der Waals surface area contributed by atoms with Gasteiger partial charge in [0.2, 0.25) is 5.91 Å².